The predicted octanol–water partition coefficient (Wildman–Crippen LogP) is 11.1. The Morgan fingerprint density at radius 3 is 1.77 bits per heavy atom. The van der Waals surface area contributed by atoms with Crippen molar-refractivity contribution < 1.29 is 37.8 Å². The first-order valence-electron chi connectivity index (χ1n) is 20.8. The van der Waals surface area contributed by atoms with Gasteiger partial charge in [-0.1, -0.05) is 125 Å². The molecule has 0 aliphatic heterocycles. The van der Waals surface area contributed by atoms with Gasteiger partial charge in [0.1, 0.15) is 11.9 Å². The Bertz CT molecular complexity index is 1330. The summed E-state index contributed by atoms with van der Waals surface area (Å²) in [7, 11) is -4.46. The molecule has 0 aliphatic carbocycles. The number of carbonyl (C=O) groups is 3. The maximum absolute atomic E-state index is 12.5. The van der Waals surface area contributed by atoms with Gasteiger partial charge in [0.05, 0.1) is 24.9 Å². The average molecular weight is 822 g/mol. The largest absolute Gasteiger partial charge is 0.466 e. The molecule has 0 radical (unpaired) electrons. The molecule has 0 aromatic heterocycles. The van der Waals surface area contributed by atoms with Gasteiger partial charge in [0, 0.05) is 31.1 Å². The lowest BCUT2D eigenvalue weighted by atomic mass is 9.81. The number of hydrogen-bond donors (Lipinski definition) is 2. The SMILES string of the molecule is C=C/C=C\C(C)C(OC(N)=O)C(C)C(O[Si](C)(C)C(C)(C)C)[C@@H](C)C/C(C)=C\[C@H](C)[C@@H](O[Si](C)(C)C(C)(C)C)[C@@H](C)/C=C\[C@@H](O)CC(=O)CCCC(=O)OCC. The van der Waals surface area contributed by atoms with E-state index in [0.717, 1.165) is 6.42 Å². The number of nitrogens with two attached hydrogens (primary N) is 1. The van der Waals surface area contributed by atoms with E-state index in [1.165, 1.54) is 5.57 Å². The topological polar surface area (TPSA) is 134 Å². The molecule has 324 valence electrons. The summed E-state index contributed by atoms with van der Waals surface area (Å²) >= 11 is 0. The van der Waals surface area contributed by atoms with Crippen molar-refractivity contribution in [1.82, 2.24) is 0 Å². The minimum atomic E-state index is -2.25. The van der Waals surface area contributed by atoms with E-state index in [-0.39, 0.29) is 82.9 Å². The Hall–Kier alpha value is -2.32. The van der Waals surface area contributed by atoms with Gasteiger partial charge in [-0.2, -0.15) is 0 Å². The van der Waals surface area contributed by atoms with Crippen LogP contribution in [0.25, 0.3) is 0 Å². The van der Waals surface area contributed by atoms with Crippen molar-refractivity contribution in [2.24, 2.45) is 35.3 Å². The fourth-order valence-electron chi connectivity index (χ4n) is 6.56. The van der Waals surface area contributed by atoms with E-state index in [2.05, 4.69) is 115 Å². The summed E-state index contributed by atoms with van der Waals surface area (Å²) in [6, 6.07) is 0. The number of hydrogen-bond acceptors (Lipinski definition) is 8. The van der Waals surface area contributed by atoms with Gasteiger partial charge in [-0.3, -0.25) is 9.59 Å². The molecule has 0 saturated heterocycles. The van der Waals surface area contributed by atoms with Crippen molar-refractivity contribution in [3.05, 3.63) is 48.6 Å². The molecule has 0 fully saturated rings. The highest BCUT2D eigenvalue weighted by Crippen LogP contribution is 2.42. The van der Waals surface area contributed by atoms with E-state index in [1.54, 1.807) is 19.1 Å². The zero-order valence-electron chi connectivity index (χ0n) is 38.5. The molecule has 56 heavy (non-hydrogen) atoms. The molecule has 1 amide bonds. The maximum Gasteiger partial charge on any atom is 0.404 e. The van der Waals surface area contributed by atoms with E-state index in [4.69, 9.17) is 24.1 Å². The fourth-order valence-corrected chi connectivity index (χ4v) is 9.51. The highest BCUT2D eigenvalue weighted by atomic mass is 28.4. The number of esters is 1. The standard InChI is InChI=1S/C45H83NO8Si2/c1-19-21-23-32(4)41(52-43(46)50)36(8)42(54-56(17,18)45(12,13)14)35(7)29-31(3)28-34(6)40(53-55(15,16)44(9,10)11)33(5)26-27-38(48)30-37(47)24-22-25-39(49)51-20-2/h19,21,23,26-28,32-36,38,40-42,48H,1,20,22,24-25,29-30H2,2-18H3,(H2,46,50)/b23-21-,27-26-,31-28-/t32?,33-,34-,35-,36?,38+,40-,41?,42?/m0/s1. The predicted molar refractivity (Wildman–Crippen MR) is 237 cm³/mol. The summed E-state index contributed by atoms with van der Waals surface area (Å²) in [5.41, 5.74) is 6.83. The third-order valence-electron chi connectivity index (χ3n) is 11.8. The second-order valence-corrected chi connectivity index (χ2v) is 28.7. The number of ketones is 1. The Balaban J connectivity index is 6.54. The lowest BCUT2D eigenvalue weighted by Gasteiger charge is -2.45. The number of amides is 1. The van der Waals surface area contributed by atoms with E-state index in [0.29, 0.717) is 13.0 Å². The third-order valence-corrected chi connectivity index (χ3v) is 20.8. The van der Waals surface area contributed by atoms with Crippen LogP contribution in [0.15, 0.2) is 48.6 Å². The number of ether oxygens (including phenoxy) is 2. The first-order valence-corrected chi connectivity index (χ1v) is 26.6. The molecule has 11 heteroatoms. The van der Waals surface area contributed by atoms with Crippen LogP contribution in [-0.4, -0.2) is 70.6 Å². The summed E-state index contributed by atoms with van der Waals surface area (Å²) in [6.07, 6.45) is 10.5. The third kappa shape index (κ3) is 19.0. The van der Waals surface area contributed by atoms with Crippen LogP contribution in [0.2, 0.25) is 36.3 Å². The molecule has 9 nitrogen and oxygen atoms in total. The van der Waals surface area contributed by atoms with Crippen molar-refractivity contribution in [1.29, 1.82) is 0 Å². The van der Waals surface area contributed by atoms with Crippen molar-refractivity contribution in [2.45, 2.75) is 183 Å². The molecule has 9 atom stereocenters. The molecule has 0 bridgehead atoms. The molecule has 3 N–H and O–H groups in total. The van der Waals surface area contributed by atoms with Crippen LogP contribution in [0.3, 0.4) is 0 Å². The van der Waals surface area contributed by atoms with Crippen molar-refractivity contribution in [3.8, 4) is 0 Å². The molecule has 0 spiro atoms. The summed E-state index contributed by atoms with van der Waals surface area (Å²) in [4.78, 5) is 36.4. The highest BCUT2D eigenvalue weighted by Gasteiger charge is 2.44. The molecule has 0 saturated carbocycles. The van der Waals surface area contributed by atoms with Gasteiger partial charge in [0.2, 0.25) is 0 Å². The monoisotopic (exact) mass is 822 g/mol. The zero-order valence-corrected chi connectivity index (χ0v) is 40.5. The average Bonchev–Trinajstić information content (AvgIpc) is 3.04. The first kappa shape index (κ1) is 53.7. The normalized spacial score (nSPS) is 18.4. The second kappa shape index (κ2) is 23.9. The van der Waals surface area contributed by atoms with Crippen LogP contribution < -0.4 is 5.73 Å². The second-order valence-electron chi connectivity index (χ2n) is 19.2. The van der Waals surface area contributed by atoms with E-state index in [9.17, 15) is 19.5 Å². The number of carbonyl (C=O) groups excluding carboxylic acids is 3. The minimum Gasteiger partial charge on any atom is -0.466 e. The quantitative estimate of drug-likeness (QED) is 0.0402. The smallest absolute Gasteiger partial charge is 0.404 e. The Morgan fingerprint density at radius 1 is 0.768 bits per heavy atom. The number of allylic oxidation sites excluding steroid dienone is 3. The molecular weight excluding hydrogens is 739 g/mol. The van der Waals surface area contributed by atoms with Crippen LogP contribution in [0.5, 0.6) is 0 Å². The lowest BCUT2D eigenvalue weighted by molar-refractivity contribution is -0.143. The number of Topliss-reactive ketones (excluding diaryl/α,β-unsaturated/α-hetero) is 1. The molecule has 4 unspecified atom stereocenters. The number of aliphatic hydroxyl groups is 1. The zero-order chi connectivity index (χ0) is 43.8. The van der Waals surface area contributed by atoms with Crippen LogP contribution in [0.1, 0.15) is 122 Å². The van der Waals surface area contributed by atoms with Crippen LogP contribution in [0, 0.1) is 29.6 Å². The van der Waals surface area contributed by atoms with Gasteiger partial charge in [-0.25, -0.2) is 4.79 Å². The van der Waals surface area contributed by atoms with Crippen LogP contribution >= 0.6 is 0 Å². The number of primary amides is 1. The molecule has 0 aromatic carbocycles. The fraction of sp³-hybridized carbons (Fsp3) is 0.756. The van der Waals surface area contributed by atoms with E-state index >= 15 is 0 Å². The van der Waals surface area contributed by atoms with E-state index in [1.807, 2.05) is 25.2 Å². The lowest BCUT2D eigenvalue weighted by Crippen LogP contribution is -2.50. The highest BCUT2D eigenvalue weighted by molar-refractivity contribution is 6.74. The number of aliphatic hydroxyl groups excluding tert-OH is 1. The molecule has 0 rings (SSSR count). The molecular formula is C45H83NO8Si2. The van der Waals surface area contributed by atoms with Crippen LogP contribution in [-0.2, 0) is 27.9 Å². The van der Waals surface area contributed by atoms with Gasteiger partial charge >= 0.3 is 12.1 Å². The number of rotatable bonds is 25. The van der Waals surface area contributed by atoms with Gasteiger partial charge in [0.25, 0.3) is 0 Å². The van der Waals surface area contributed by atoms with Crippen molar-refractivity contribution >= 4 is 34.5 Å². The Labute approximate surface area is 344 Å². The summed E-state index contributed by atoms with van der Waals surface area (Å²) in [6.45, 7) is 41.1. The van der Waals surface area contributed by atoms with Crippen molar-refractivity contribution in [3.63, 3.8) is 0 Å². The molecule has 0 aliphatic rings. The summed E-state index contributed by atoms with van der Waals surface area (Å²) in [5.74, 6) is -0.605. The summed E-state index contributed by atoms with van der Waals surface area (Å²) < 4.78 is 25.1. The minimum absolute atomic E-state index is 0.00253. The van der Waals surface area contributed by atoms with Crippen molar-refractivity contribution in [2.75, 3.05) is 6.61 Å². The van der Waals surface area contributed by atoms with Crippen LogP contribution in [0.4, 0.5) is 4.79 Å². The Morgan fingerprint density at radius 2 is 1.29 bits per heavy atom. The van der Waals surface area contributed by atoms with Gasteiger partial charge in [-0.05, 0) is 80.7 Å². The first-order chi connectivity index (χ1) is 25.5. The maximum atomic E-state index is 12.5. The van der Waals surface area contributed by atoms with Gasteiger partial charge < -0.3 is 29.2 Å². The van der Waals surface area contributed by atoms with Gasteiger partial charge in [0.15, 0.2) is 16.6 Å². The van der Waals surface area contributed by atoms with Gasteiger partial charge in [-0.15, -0.1) is 0 Å². The summed E-state index contributed by atoms with van der Waals surface area (Å²) in [5, 5.41) is 10.7. The molecule has 0 aromatic rings. The molecule has 0 heterocycles. The Kier molecular flexibility index (Phi) is 22.9. The van der Waals surface area contributed by atoms with E-state index < -0.39 is 34.9 Å².